The molecule has 1 unspecified atom stereocenters. The molecule has 1 heterocycles. The Bertz CT molecular complexity index is 278. The molecular formula is C10H14BrClS. The molecule has 0 radical (unpaired) electrons. The van der Waals surface area contributed by atoms with Gasteiger partial charge in [0.2, 0.25) is 0 Å². The average Bonchev–Trinajstić information content (AvgIpc) is 2.32. The molecule has 0 aliphatic carbocycles. The summed E-state index contributed by atoms with van der Waals surface area (Å²) >= 11 is 11.4. The van der Waals surface area contributed by atoms with Gasteiger partial charge >= 0.3 is 0 Å². The molecule has 0 aliphatic heterocycles. The van der Waals surface area contributed by atoms with E-state index in [0.717, 1.165) is 11.4 Å². The van der Waals surface area contributed by atoms with Crippen molar-refractivity contribution >= 4 is 38.9 Å². The summed E-state index contributed by atoms with van der Waals surface area (Å²) in [7, 11) is 0. The predicted molar refractivity (Wildman–Crippen MR) is 65.4 cm³/mol. The SMILES string of the molecule is CC(Br)CC(C)(C)c1sccc1Cl. The molecule has 0 saturated heterocycles. The molecule has 0 saturated carbocycles. The molecule has 0 N–H and O–H groups in total. The van der Waals surface area contributed by atoms with Crippen LogP contribution >= 0.6 is 38.9 Å². The van der Waals surface area contributed by atoms with Gasteiger partial charge in [0.1, 0.15) is 0 Å². The summed E-state index contributed by atoms with van der Waals surface area (Å²) < 4.78 is 0. The standard InChI is InChI=1S/C10H14BrClS/c1-7(11)6-10(2,3)9-8(12)4-5-13-9/h4-5,7H,6H2,1-3H3. The van der Waals surface area contributed by atoms with E-state index in [2.05, 4.69) is 42.1 Å². The highest BCUT2D eigenvalue weighted by molar-refractivity contribution is 9.09. The molecule has 0 aromatic carbocycles. The second kappa shape index (κ2) is 4.33. The second-order valence-corrected chi connectivity index (χ2v) is 6.85. The first-order valence-electron chi connectivity index (χ1n) is 4.31. The lowest BCUT2D eigenvalue weighted by molar-refractivity contribution is 0.492. The maximum atomic E-state index is 6.10. The number of hydrogen-bond donors (Lipinski definition) is 0. The van der Waals surface area contributed by atoms with E-state index in [1.807, 2.05) is 6.07 Å². The second-order valence-electron chi connectivity index (χ2n) is 3.97. The van der Waals surface area contributed by atoms with Crippen molar-refractivity contribution in [1.29, 1.82) is 0 Å². The largest absolute Gasteiger partial charge is 0.147 e. The number of rotatable bonds is 3. The van der Waals surface area contributed by atoms with Crippen molar-refractivity contribution in [2.45, 2.75) is 37.4 Å². The van der Waals surface area contributed by atoms with E-state index in [4.69, 9.17) is 11.6 Å². The van der Waals surface area contributed by atoms with Crippen LogP contribution in [0, 0.1) is 0 Å². The maximum Gasteiger partial charge on any atom is 0.0550 e. The van der Waals surface area contributed by atoms with Crippen LogP contribution in [0.4, 0.5) is 0 Å². The van der Waals surface area contributed by atoms with Crippen LogP contribution in [0.5, 0.6) is 0 Å². The van der Waals surface area contributed by atoms with E-state index in [9.17, 15) is 0 Å². The Kier molecular flexibility index (Phi) is 3.84. The van der Waals surface area contributed by atoms with Crippen molar-refractivity contribution in [2.24, 2.45) is 0 Å². The van der Waals surface area contributed by atoms with Gasteiger partial charge < -0.3 is 0 Å². The van der Waals surface area contributed by atoms with Crippen LogP contribution in [-0.2, 0) is 5.41 Å². The quantitative estimate of drug-likeness (QED) is 0.695. The minimum Gasteiger partial charge on any atom is -0.147 e. The Morgan fingerprint density at radius 3 is 2.62 bits per heavy atom. The number of thiophene rings is 1. The Morgan fingerprint density at radius 2 is 2.23 bits per heavy atom. The number of hydrogen-bond acceptors (Lipinski definition) is 1. The lowest BCUT2D eigenvalue weighted by Crippen LogP contribution is -2.19. The van der Waals surface area contributed by atoms with E-state index < -0.39 is 0 Å². The van der Waals surface area contributed by atoms with Crippen LogP contribution in [0.3, 0.4) is 0 Å². The molecule has 0 aliphatic rings. The number of halogens is 2. The summed E-state index contributed by atoms with van der Waals surface area (Å²) in [5.74, 6) is 0. The fraction of sp³-hybridized carbons (Fsp3) is 0.600. The first-order chi connectivity index (χ1) is 5.93. The van der Waals surface area contributed by atoms with Crippen molar-refractivity contribution in [3.8, 4) is 0 Å². The molecule has 13 heavy (non-hydrogen) atoms. The molecule has 0 amide bonds. The average molecular weight is 282 g/mol. The van der Waals surface area contributed by atoms with Crippen molar-refractivity contribution in [3.63, 3.8) is 0 Å². The molecule has 0 nitrogen and oxygen atoms in total. The van der Waals surface area contributed by atoms with Crippen LogP contribution in [0.25, 0.3) is 0 Å². The van der Waals surface area contributed by atoms with Crippen LogP contribution in [0.1, 0.15) is 32.1 Å². The molecule has 1 rings (SSSR count). The van der Waals surface area contributed by atoms with Gasteiger partial charge in [-0.2, -0.15) is 0 Å². The van der Waals surface area contributed by atoms with Gasteiger partial charge in [0, 0.05) is 15.1 Å². The highest BCUT2D eigenvalue weighted by Gasteiger charge is 2.25. The zero-order chi connectivity index (χ0) is 10.1. The summed E-state index contributed by atoms with van der Waals surface area (Å²) in [5.41, 5.74) is 0.175. The highest BCUT2D eigenvalue weighted by atomic mass is 79.9. The molecule has 1 aromatic rings. The lowest BCUT2D eigenvalue weighted by Gasteiger charge is -2.25. The van der Waals surface area contributed by atoms with Gasteiger partial charge in [0.05, 0.1) is 5.02 Å². The summed E-state index contributed by atoms with van der Waals surface area (Å²) in [4.78, 5) is 1.82. The zero-order valence-electron chi connectivity index (χ0n) is 8.10. The topological polar surface area (TPSA) is 0 Å². The Labute approximate surface area is 97.4 Å². The Morgan fingerprint density at radius 1 is 1.62 bits per heavy atom. The van der Waals surface area contributed by atoms with Gasteiger partial charge in [-0.1, -0.05) is 48.3 Å². The Hall–Kier alpha value is 0.470. The van der Waals surface area contributed by atoms with Gasteiger partial charge in [-0.3, -0.25) is 0 Å². The first-order valence-corrected chi connectivity index (χ1v) is 6.48. The molecule has 0 fully saturated rings. The summed E-state index contributed by atoms with van der Waals surface area (Å²) in [6.07, 6.45) is 1.10. The van der Waals surface area contributed by atoms with Crippen molar-refractivity contribution in [3.05, 3.63) is 21.3 Å². The smallest absolute Gasteiger partial charge is 0.0550 e. The van der Waals surface area contributed by atoms with Crippen LogP contribution in [0.2, 0.25) is 5.02 Å². The predicted octanol–water partition coefficient (Wildman–Crippen LogP) is 4.85. The molecule has 3 heteroatoms. The summed E-state index contributed by atoms with van der Waals surface area (Å²) in [6, 6.07) is 1.97. The van der Waals surface area contributed by atoms with Gasteiger partial charge in [0.15, 0.2) is 0 Å². The third-order valence-electron chi connectivity index (χ3n) is 2.02. The fourth-order valence-electron chi connectivity index (χ4n) is 1.57. The zero-order valence-corrected chi connectivity index (χ0v) is 11.3. The van der Waals surface area contributed by atoms with E-state index >= 15 is 0 Å². The molecule has 74 valence electrons. The molecule has 1 atom stereocenters. The summed E-state index contributed by atoms with van der Waals surface area (Å²) in [6.45, 7) is 6.65. The van der Waals surface area contributed by atoms with Gasteiger partial charge in [-0.15, -0.1) is 11.3 Å². The summed E-state index contributed by atoms with van der Waals surface area (Å²) in [5, 5.41) is 2.96. The third-order valence-corrected chi connectivity index (χ3v) is 4.05. The minimum atomic E-state index is 0.175. The lowest BCUT2D eigenvalue weighted by atomic mass is 9.86. The third kappa shape index (κ3) is 2.97. The van der Waals surface area contributed by atoms with Crippen molar-refractivity contribution in [1.82, 2.24) is 0 Å². The maximum absolute atomic E-state index is 6.10. The fourth-order valence-corrected chi connectivity index (χ4v) is 3.83. The normalized spacial score (nSPS) is 14.5. The minimum absolute atomic E-state index is 0.175. The van der Waals surface area contributed by atoms with Crippen LogP contribution in [0.15, 0.2) is 11.4 Å². The van der Waals surface area contributed by atoms with Crippen LogP contribution in [-0.4, -0.2) is 4.83 Å². The van der Waals surface area contributed by atoms with E-state index in [0.29, 0.717) is 4.83 Å². The van der Waals surface area contributed by atoms with Gasteiger partial charge in [-0.25, -0.2) is 0 Å². The Balaban J connectivity index is 2.87. The first kappa shape index (κ1) is 11.5. The molecule has 0 spiro atoms. The molecular weight excluding hydrogens is 268 g/mol. The van der Waals surface area contributed by atoms with Crippen molar-refractivity contribution < 1.29 is 0 Å². The monoisotopic (exact) mass is 280 g/mol. The molecule has 0 bridgehead atoms. The van der Waals surface area contributed by atoms with Crippen LogP contribution < -0.4 is 0 Å². The number of alkyl halides is 1. The van der Waals surface area contributed by atoms with E-state index in [1.54, 1.807) is 11.3 Å². The van der Waals surface area contributed by atoms with Gasteiger partial charge in [-0.05, 0) is 17.9 Å². The molecule has 1 aromatic heterocycles. The van der Waals surface area contributed by atoms with Gasteiger partial charge in [0.25, 0.3) is 0 Å². The van der Waals surface area contributed by atoms with Crippen molar-refractivity contribution in [2.75, 3.05) is 0 Å². The highest BCUT2D eigenvalue weighted by Crippen LogP contribution is 2.38. The van der Waals surface area contributed by atoms with E-state index in [-0.39, 0.29) is 5.41 Å². The van der Waals surface area contributed by atoms with E-state index in [1.165, 1.54) is 4.88 Å².